The van der Waals surface area contributed by atoms with Crippen molar-refractivity contribution in [3.8, 4) is 11.5 Å². The second-order valence-corrected chi connectivity index (χ2v) is 18.4. The number of hydrogen-bond donors (Lipinski definition) is 1. The highest BCUT2D eigenvalue weighted by atomic mass is 28.4. The number of benzene rings is 1. The fourth-order valence-electron chi connectivity index (χ4n) is 9.31. The molecule has 6 nitrogen and oxygen atoms in total. The van der Waals surface area contributed by atoms with Gasteiger partial charge in [0, 0.05) is 17.5 Å². The van der Waals surface area contributed by atoms with Gasteiger partial charge < -0.3 is 28.6 Å². The first-order valence-corrected chi connectivity index (χ1v) is 16.4. The highest BCUT2D eigenvalue weighted by Gasteiger charge is 2.73. The van der Waals surface area contributed by atoms with Gasteiger partial charge in [0.15, 0.2) is 12.0 Å². The zero-order chi connectivity index (χ0) is 25.6. The van der Waals surface area contributed by atoms with E-state index in [1.807, 2.05) is 0 Å². The van der Waals surface area contributed by atoms with Crippen molar-refractivity contribution in [3.05, 3.63) is 23.3 Å². The molecule has 2 saturated heterocycles. The lowest BCUT2D eigenvalue weighted by atomic mass is 9.47. The van der Waals surface area contributed by atoms with Gasteiger partial charge >= 0.3 is 0 Å². The molecule has 2 bridgehead atoms. The topological polar surface area (TPSA) is 60.4 Å². The van der Waals surface area contributed by atoms with Crippen LogP contribution in [0.5, 0.6) is 11.5 Å². The lowest BCUT2D eigenvalue weighted by Crippen LogP contribution is -2.76. The predicted octanol–water partition coefficient (Wildman–Crippen LogP) is 5.01. The van der Waals surface area contributed by atoms with Crippen LogP contribution in [0.4, 0.5) is 0 Å². The van der Waals surface area contributed by atoms with Crippen LogP contribution in [0.25, 0.3) is 0 Å². The number of ether oxygens (including phenoxy) is 3. The summed E-state index contributed by atoms with van der Waals surface area (Å²) in [6, 6.07) is 4.55. The van der Waals surface area contributed by atoms with E-state index in [2.05, 4.69) is 65.6 Å². The van der Waals surface area contributed by atoms with Crippen molar-refractivity contribution in [1.82, 2.24) is 4.90 Å². The Morgan fingerprint density at radius 3 is 2.33 bits per heavy atom. The first-order chi connectivity index (χ1) is 17.1. The van der Waals surface area contributed by atoms with E-state index in [9.17, 15) is 5.11 Å². The smallest absolute Gasteiger partial charge is 0.258 e. The molecule has 1 aromatic carbocycles. The van der Waals surface area contributed by atoms with Gasteiger partial charge in [0.2, 0.25) is 0 Å². The molecule has 1 unspecified atom stereocenters. The molecule has 3 aliphatic heterocycles. The van der Waals surface area contributed by atoms with E-state index in [1.165, 1.54) is 11.1 Å². The molecule has 0 radical (unpaired) electrons. The zero-order valence-corrected chi connectivity index (χ0v) is 24.2. The predicted molar refractivity (Wildman–Crippen MR) is 142 cm³/mol. The van der Waals surface area contributed by atoms with Crippen molar-refractivity contribution in [2.75, 3.05) is 26.8 Å². The molecule has 6 rings (SSSR count). The fourth-order valence-corrected chi connectivity index (χ4v) is 14.6. The fraction of sp³-hybridized carbons (Fsp3) is 0.793. The van der Waals surface area contributed by atoms with Crippen molar-refractivity contribution in [2.24, 2.45) is 5.92 Å². The maximum Gasteiger partial charge on any atom is 0.258 e. The minimum absolute atomic E-state index is 0.101. The Bertz CT molecular complexity index is 1000. The van der Waals surface area contributed by atoms with Crippen molar-refractivity contribution in [1.29, 1.82) is 0 Å². The number of piperidine rings is 1. The Hall–Kier alpha value is -1.12. The molecule has 0 amide bonds. The molecule has 7 heteroatoms. The van der Waals surface area contributed by atoms with Crippen LogP contribution in [-0.4, -0.2) is 69.2 Å². The SMILES string of the molecule is CC(C)[Si](Oc1ccc2c3c1O[C@H]1C(C4OCCO4)CC[C@@]4(O)[C@@H](C2)N(C)CC[C@]314)(C(C)C)C(C)C. The number of likely N-dealkylation sites (tertiary alicyclic amines) is 1. The van der Waals surface area contributed by atoms with Crippen molar-refractivity contribution in [2.45, 2.75) is 113 Å². The van der Waals surface area contributed by atoms with Crippen LogP contribution >= 0.6 is 0 Å². The molecule has 1 aromatic rings. The molecule has 1 saturated carbocycles. The summed E-state index contributed by atoms with van der Waals surface area (Å²) in [6.45, 7) is 16.2. The van der Waals surface area contributed by atoms with Gasteiger partial charge in [-0.15, -0.1) is 0 Å². The zero-order valence-electron chi connectivity index (χ0n) is 23.2. The summed E-state index contributed by atoms with van der Waals surface area (Å²) in [5.41, 5.74) is 2.71. The largest absolute Gasteiger partial charge is 0.540 e. The minimum atomic E-state index is -2.18. The lowest BCUT2D eigenvalue weighted by molar-refractivity contribution is -0.221. The van der Waals surface area contributed by atoms with Gasteiger partial charge in [0.25, 0.3) is 8.32 Å². The van der Waals surface area contributed by atoms with Crippen LogP contribution in [0, 0.1) is 5.92 Å². The van der Waals surface area contributed by atoms with E-state index in [1.54, 1.807) is 0 Å². The van der Waals surface area contributed by atoms with Crippen molar-refractivity contribution < 1.29 is 23.7 Å². The van der Waals surface area contributed by atoms with Crippen molar-refractivity contribution in [3.63, 3.8) is 0 Å². The number of nitrogens with zero attached hydrogens (tertiary/aromatic N) is 1. The number of likely N-dealkylation sites (N-methyl/N-ethyl adjacent to an activating group) is 1. The number of rotatable bonds is 6. The van der Waals surface area contributed by atoms with Gasteiger partial charge in [0.05, 0.1) is 24.2 Å². The van der Waals surface area contributed by atoms with Crippen molar-refractivity contribution >= 4 is 8.32 Å². The van der Waals surface area contributed by atoms with Crippen LogP contribution in [0.2, 0.25) is 16.6 Å². The first-order valence-electron chi connectivity index (χ1n) is 14.3. The summed E-state index contributed by atoms with van der Waals surface area (Å²) in [5.74, 6) is 1.90. The molecule has 200 valence electrons. The van der Waals surface area contributed by atoms with Gasteiger partial charge in [-0.1, -0.05) is 47.6 Å². The van der Waals surface area contributed by atoms with Gasteiger partial charge in [-0.2, -0.15) is 0 Å². The Balaban J connectivity index is 1.52. The Kier molecular flexibility index (Phi) is 5.90. The van der Waals surface area contributed by atoms with Crippen LogP contribution in [0.15, 0.2) is 12.1 Å². The molecule has 5 aliphatic rings. The van der Waals surface area contributed by atoms with Gasteiger partial charge in [0.1, 0.15) is 11.9 Å². The maximum atomic E-state index is 12.6. The molecule has 3 fully saturated rings. The van der Waals surface area contributed by atoms with E-state index in [-0.39, 0.29) is 24.4 Å². The Morgan fingerprint density at radius 1 is 1.03 bits per heavy atom. The summed E-state index contributed by atoms with van der Waals surface area (Å²) in [5, 5.41) is 12.6. The van der Waals surface area contributed by atoms with E-state index in [0.717, 1.165) is 43.7 Å². The molecule has 0 aromatic heterocycles. The summed E-state index contributed by atoms with van der Waals surface area (Å²) >= 11 is 0. The van der Waals surface area contributed by atoms with E-state index in [0.29, 0.717) is 29.8 Å². The van der Waals surface area contributed by atoms with Crippen LogP contribution in [-0.2, 0) is 21.3 Å². The van der Waals surface area contributed by atoms with Gasteiger partial charge in [-0.25, -0.2) is 0 Å². The molecule has 2 aliphatic carbocycles. The summed E-state index contributed by atoms with van der Waals surface area (Å²) in [7, 11) is -0.00937. The third-order valence-electron chi connectivity index (χ3n) is 10.8. The van der Waals surface area contributed by atoms with E-state index < -0.39 is 19.3 Å². The average Bonchev–Trinajstić information content (AvgIpc) is 3.46. The molecule has 3 heterocycles. The molecule has 5 atom stereocenters. The quantitative estimate of drug-likeness (QED) is 0.537. The molecule has 1 N–H and O–H groups in total. The highest BCUT2D eigenvalue weighted by Crippen LogP contribution is 2.67. The van der Waals surface area contributed by atoms with Gasteiger partial charge in [-0.3, -0.25) is 0 Å². The van der Waals surface area contributed by atoms with Crippen LogP contribution < -0.4 is 9.16 Å². The second-order valence-electron chi connectivity index (χ2n) is 13.0. The molecule has 1 spiro atoms. The number of hydrogen-bond acceptors (Lipinski definition) is 6. The lowest BCUT2D eigenvalue weighted by Gasteiger charge is -2.64. The first kappa shape index (κ1) is 25.2. The monoisotopic (exact) mass is 515 g/mol. The molecular weight excluding hydrogens is 470 g/mol. The summed E-state index contributed by atoms with van der Waals surface area (Å²) in [6.07, 6.45) is 2.92. The highest BCUT2D eigenvalue weighted by molar-refractivity contribution is 6.78. The maximum absolute atomic E-state index is 12.6. The van der Waals surface area contributed by atoms with Crippen LogP contribution in [0.1, 0.15) is 71.9 Å². The standard InChI is InChI=1S/C29H45NO5Si/c1-17(2)36(18(3)4,19(5)6)35-22-9-8-20-16-23-29(31)11-10-21(27-32-14-15-33-27)26-28(29,12-13-30(23)7)24(20)25(22)34-26/h8-9,17-19,21,23,26-27,31H,10-16H2,1-7H3/t21?,23-,26+,28+,29-/m1/s1. The summed E-state index contributed by atoms with van der Waals surface area (Å²) in [4.78, 5) is 2.38. The number of aliphatic hydroxyl groups is 1. The minimum Gasteiger partial charge on any atom is -0.540 e. The van der Waals surface area contributed by atoms with E-state index >= 15 is 0 Å². The molecular formula is C29H45NO5Si. The normalized spacial score (nSPS) is 36.0. The summed E-state index contributed by atoms with van der Waals surface area (Å²) < 4.78 is 26.5. The average molecular weight is 516 g/mol. The van der Waals surface area contributed by atoms with Crippen LogP contribution in [0.3, 0.4) is 0 Å². The third kappa shape index (κ3) is 3.04. The third-order valence-corrected chi connectivity index (χ3v) is 16.7. The second kappa shape index (κ2) is 8.44. The van der Waals surface area contributed by atoms with E-state index in [4.69, 9.17) is 18.6 Å². The van der Waals surface area contributed by atoms with Gasteiger partial charge in [-0.05, 0) is 67.5 Å². The Labute approximate surface area is 217 Å². The molecule has 36 heavy (non-hydrogen) atoms. The Morgan fingerprint density at radius 2 is 1.69 bits per heavy atom.